The summed E-state index contributed by atoms with van der Waals surface area (Å²) in [5, 5.41) is 1.18. The van der Waals surface area contributed by atoms with E-state index in [2.05, 4.69) is 11.1 Å². The lowest BCUT2D eigenvalue weighted by Gasteiger charge is -2.09. The molecule has 1 N–H and O–H groups in total. The molecule has 3 heteroatoms. The number of halogens is 1. The quantitative estimate of drug-likeness (QED) is 0.814. The maximum Gasteiger partial charge on any atom is 0.179 e. The van der Waals surface area contributed by atoms with Gasteiger partial charge in [0.15, 0.2) is 5.78 Å². The molecule has 92 valence electrons. The van der Waals surface area contributed by atoms with Crippen LogP contribution in [-0.4, -0.2) is 16.6 Å². The molecule has 1 heterocycles. The molecule has 0 amide bonds. The Labute approximate surface area is 111 Å². The van der Waals surface area contributed by atoms with E-state index in [0.29, 0.717) is 12.3 Å². The van der Waals surface area contributed by atoms with Gasteiger partial charge in [-0.15, -0.1) is 11.6 Å². The summed E-state index contributed by atoms with van der Waals surface area (Å²) in [6.07, 6.45) is 6.55. The molecule has 0 saturated heterocycles. The van der Waals surface area contributed by atoms with Crippen LogP contribution in [0.25, 0.3) is 17.0 Å². The summed E-state index contributed by atoms with van der Waals surface area (Å²) in [7, 11) is 0. The molecule has 0 atom stereocenters. The molecule has 1 aromatic heterocycles. The summed E-state index contributed by atoms with van der Waals surface area (Å²) in [5.74, 6) is 0.757. The molecule has 0 unspecified atom stereocenters. The second kappa shape index (κ2) is 4.62. The third-order valence-corrected chi connectivity index (χ3v) is 3.62. The fraction of sp³-hybridized carbons (Fsp3) is 0.267. The van der Waals surface area contributed by atoms with Crippen molar-refractivity contribution in [1.29, 1.82) is 0 Å². The first-order valence-electron chi connectivity index (χ1n) is 6.20. The lowest BCUT2D eigenvalue weighted by Crippen LogP contribution is -2.09. The van der Waals surface area contributed by atoms with E-state index in [9.17, 15) is 4.79 Å². The van der Waals surface area contributed by atoms with Gasteiger partial charge in [0.1, 0.15) is 0 Å². The van der Waals surface area contributed by atoms with Crippen molar-refractivity contribution in [3.63, 3.8) is 0 Å². The van der Waals surface area contributed by atoms with E-state index < -0.39 is 0 Å². The largest absolute Gasteiger partial charge is 0.352 e. The molecule has 2 nitrogen and oxygen atoms in total. The number of aromatic nitrogens is 1. The summed E-state index contributed by atoms with van der Waals surface area (Å²) >= 11 is 5.65. The number of carbonyl (C=O) groups is 1. The number of aryl methyl sites for hydroxylation is 1. The van der Waals surface area contributed by atoms with Crippen molar-refractivity contribution in [1.82, 2.24) is 4.98 Å². The van der Waals surface area contributed by atoms with E-state index in [1.54, 1.807) is 0 Å². The van der Waals surface area contributed by atoms with Gasteiger partial charge >= 0.3 is 0 Å². The average molecular weight is 260 g/mol. The lowest BCUT2D eigenvalue weighted by molar-refractivity contribution is 0.0968. The number of nitrogens with one attached hydrogen (secondary N) is 1. The third-order valence-electron chi connectivity index (χ3n) is 3.44. The Morgan fingerprint density at radius 3 is 3.06 bits per heavy atom. The molecular formula is C15H14ClNO. The van der Waals surface area contributed by atoms with Gasteiger partial charge in [0.25, 0.3) is 0 Å². The Balaban J connectivity index is 2.15. The van der Waals surface area contributed by atoms with E-state index >= 15 is 0 Å². The minimum atomic E-state index is 0.241. The maximum absolute atomic E-state index is 11.8. The monoisotopic (exact) mass is 259 g/mol. The van der Waals surface area contributed by atoms with E-state index in [4.69, 9.17) is 11.6 Å². The van der Waals surface area contributed by atoms with Crippen molar-refractivity contribution in [2.75, 3.05) is 5.88 Å². The topological polar surface area (TPSA) is 32.9 Å². The lowest BCUT2D eigenvalue weighted by atomic mass is 9.94. The summed E-state index contributed by atoms with van der Waals surface area (Å²) in [6.45, 7) is 0. The van der Waals surface area contributed by atoms with Crippen LogP contribution >= 0.6 is 11.6 Å². The molecule has 0 fully saturated rings. The van der Waals surface area contributed by atoms with E-state index in [1.807, 2.05) is 24.3 Å². The Morgan fingerprint density at radius 2 is 2.22 bits per heavy atom. The Kier molecular flexibility index (Phi) is 2.96. The molecule has 1 aliphatic rings. The number of rotatable bonds is 2. The maximum atomic E-state index is 11.8. The van der Waals surface area contributed by atoms with Crippen molar-refractivity contribution in [3.8, 4) is 0 Å². The zero-order valence-electron chi connectivity index (χ0n) is 10.0. The normalized spacial score (nSPS) is 15.5. The number of fused-ring (bicyclic) bond motifs is 3. The first-order valence-corrected chi connectivity index (χ1v) is 6.73. The minimum absolute atomic E-state index is 0.241. The molecule has 0 aliphatic heterocycles. The molecule has 0 radical (unpaired) electrons. The predicted molar refractivity (Wildman–Crippen MR) is 75.3 cm³/mol. The highest BCUT2D eigenvalue weighted by atomic mass is 35.5. The standard InChI is InChI=1S/C15H14ClNO/c16-8-2-3-10-6-7-13-12(9-10)11-4-1-5-14(18)15(11)17-13/h2-3,6-7,9,17H,1,4-5,8H2. The van der Waals surface area contributed by atoms with Crippen LogP contribution in [0.15, 0.2) is 24.3 Å². The second-order valence-corrected chi connectivity index (χ2v) is 4.93. The molecule has 1 aliphatic carbocycles. The number of ketones is 1. The number of allylic oxidation sites excluding steroid dienone is 1. The number of alkyl halides is 1. The highest BCUT2D eigenvalue weighted by Gasteiger charge is 2.21. The predicted octanol–water partition coefficient (Wildman–Crippen LogP) is 3.94. The molecule has 0 bridgehead atoms. The van der Waals surface area contributed by atoms with Gasteiger partial charge in [0.05, 0.1) is 5.69 Å². The Morgan fingerprint density at radius 1 is 1.33 bits per heavy atom. The van der Waals surface area contributed by atoms with Crippen LogP contribution in [0, 0.1) is 0 Å². The van der Waals surface area contributed by atoms with Gasteiger partial charge < -0.3 is 4.98 Å². The van der Waals surface area contributed by atoms with Crippen molar-refractivity contribution in [2.24, 2.45) is 0 Å². The van der Waals surface area contributed by atoms with Crippen LogP contribution in [0.2, 0.25) is 0 Å². The van der Waals surface area contributed by atoms with Crippen LogP contribution < -0.4 is 0 Å². The van der Waals surface area contributed by atoms with Crippen LogP contribution in [-0.2, 0) is 6.42 Å². The zero-order valence-corrected chi connectivity index (χ0v) is 10.8. The van der Waals surface area contributed by atoms with Crippen molar-refractivity contribution >= 4 is 34.4 Å². The number of hydrogen-bond acceptors (Lipinski definition) is 1. The second-order valence-electron chi connectivity index (χ2n) is 4.62. The Bertz CT molecular complexity index is 639. The van der Waals surface area contributed by atoms with Gasteiger partial charge in [-0.25, -0.2) is 0 Å². The van der Waals surface area contributed by atoms with Gasteiger partial charge in [-0.05, 0) is 36.1 Å². The highest BCUT2D eigenvalue weighted by Crippen LogP contribution is 2.29. The summed E-state index contributed by atoms with van der Waals surface area (Å²) in [5.41, 5.74) is 4.18. The first-order chi connectivity index (χ1) is 8.79. The number of Topliss-reactive ketones (excluding diaryl/α,β-unsaturated/α-hetero) is 1. The van der Waals surface area contributed by atoms with Crippen LogP contribution in [0.1, 0.15) is 34.5 Å². The van der Waals surface area contributed by atoms with Crippen LogP contribution in [0.3, 0.4) is 0 Å². The fourth-order valence-corrected chi connectivity index (χ4v) is 2.69. The summed E-state index contributed by atoms with van der Waals surface area (Å²) < 4.78 is 0. The number of H-pyrrole nitrogens is 1. The minimum Gasteiger partial charge on any atom is -0.352 e. The first kappa shape index (κ1) is 11.5. The fourth-order valence-electron chi connectivity index (χ4n) is 2.60. The Hall–Kier alpha value is -1.54. The average Bonchev–Trinajstić information content (AvgIpc) is 2.76. The molecular weight excluding hydrogens is 246 g/mol. The van der Waals surface area contributed by atoms with Gasteiger partial charge in [0, 0.05) is 23.2 Å². The van der Waals surface area contributed by atoms with Gasteiger partial charge in [-0.2, -0.15) is 0 Å². The van der Waals surface area contributed by atoms with Gasteiger partial charge in [0.2, 0.25) is 0 Å². The molecule has 1 aromatic carbocycles. The molecule has 0 spiro atoms. The molecule has 3 rings (SSSR count). The number of carbonyl (C=O) groups excluding carboxylic acids is 1. The van der Waals surface area contributed by atoms with Gasteiger partial charge in [-0.3, -0.25) is 4.79 Å². The van der Waals surface area contributed by atoms with Crippen molar-refractivity contribution in [3.05, 3.63) is 41.1 Å². The SMILES string of the molecule is O=C1CCCc2c1[nH]c1ccc(C=CCCl)cc21. The van der Waals surface area contributed by atoms with E-state index in [-0.39, 0.29) is 5.78 Å². The van der Waals surface area contributed by atoms with Gasteiger partial charge in [-0.1, -0.05) is 18.2 Å². The van der Waals surface area contributed by atoms with Crippen molar-refractivity contribution in [2.45, 2.75) is 19.3 Å². The zero-order chi connectivity index (χ0) is 12.5. The molecule has 0 saturated carbocycles. The summed E-state index contributed by atoms with van der Waals surface area (Å²) in [6, 6.07) is 6.21. The van der Waals surface area contributed by atoms with Crippen molar-refractivity contribution < 1.29 is 4.79 Å². The smallest absolute Gasteiger partial charge is 0.179 e. The highest BCUT2D eigenvalue weighted by molar-refractivity contribution is 6.19. The molecule has 2 aromatic rings. The van der Waals surface area contributed by atoms with E-state index in [1.165, 1.54) is 10.9 Å². The molecule has 18 heavy (non-hydrogen) atoms. The third kappa shape index (κ3) is 1.87. The summed E-state index contributed by atoms with van der Waals surface area (Å²) in [4.78, 5) is 15.1. The number of aromatic amines is 1. The van der Waals surface area contributed by atoms with E-state index in [0.717, 1.165) is 29.6 Å². The number of benzene rings is 1. The number of hydrogen-bond donors (Lipinski definition) is 1. The van der Waals surface area contributed by atoms with Crippen LogP contribution in [0.5, 0.6) is 0 Å². The van der Waals surface area contributed by atoms with Crippen LogP contribution in [0.4, 0.5) is 0 Å².